The average molecular weight is 354 g/mol. The monoisotopic (exact) mass is 354 g/mol. The molecule has 0 aliphatic carbocycles. The van der Waals surface area contributed by atoms with E-state index in [0.717, 1.165) is 22.2 Å². The molecular weight excluding hydrogens is 332 g/mol. The molecule has 6 heteroatoms. The second kappa shape index (κ2) is 7.39. The van der Waals surface area contributed by atoms with Crippen molar-refractivity contribution in [3.63, 3.8) is 0 Å². The lowest BCUT2D eigenvalue weighted by Crippen LogP contribution is -2.24. The SMILES string of the molecule is COc1ccc2c(c1)c(CNC(=O)c1c(OC)cccc1OC)cn2C. The summed E-state index contributed by atoms with van der Waals surface area (Å²) in [6, 6.07) is 11.2. The summed E-state index contributed by atoms with van der Waals surface area (Å²) in [6.45, 7) is 0.380. The van der Waals surface area contributed by atoms with Crippen LogP contribution in [0.25, 0.3) is 10.9 Å². The second-order valence-corrected chi connectivity index (χ2v) is 5.87. The lowest BCUT2D eigenvalue weighted by Gasteiger charge is -2.13. The van der Waals surface area contributed by atoms with Gasteiger partial charge in [0.2, 0.25) is 0 Å². The number of ether oxygens (including phenoxy) is 3. The van der Waals surface area contributed by atoms with Gasteiger partial charge in [0.05, 0.1) is 21.3 Å². The molecule has 0 radical (unpaired) electrons. The zero-order valence-corrected chi connectivity index (χ0v) is 15.3. The van der Waals surface area contributed by atoms with E-state index in [4.69, 9.17) is 14.2 Å². The number of carbonyl (C=O) groups excluding carboxylic acids is 1. The van der Waals surface area contributed by atoms with Gasteiger partial charge in [-0.05, 0) is 35.9 Å². The molecule has 136 valence electrons. The minimum atomic E-state index is -0.251. The fourth-order valence-electron chi connectivity index (χ4n) is 3.06. The number of nitrogens with zero attached hydrogens (tertiary/aromatic N) is 1. The standard InChI is InChI=1S/C20H22N2O4/c1-22-12-13(15-10-14(24-2)8-9-16(15)22)11-21-20(23)19-17(25-3)6-5-7-18(19)26-4/h5-10,12H,11H2,1-4H3,(H,21,23). The van der Waals surface area contributed by atoms with E-state index in [1.165, 1.54) is 14.2 Å². The van der Waals surface area contributed by atoms with Crippen LogP contribution in [-0.4, -0.2) is 31.8 Å². The van der Waals surface area contributed by atoms with Crippen LogP contribution >= 0.6 is 0 Å². The van der Waals surface area contributed by atoms with E-state index in [1.807, 2.05) is 36.0 Å². The molecule has 1 amide bonds. The molecule has 26 heavy (non-hydrogen) atoms. The number of benzene rings is 2. The van der Waals surface area contributed by atoms with Crippen molar-refractivity contribution in [1.82, 2.24) is 9.88 Å². The molecule has 1 N–H and O–H groups in total. The lowest BCUT2D eigenvalue weighted by molar-refractivity contribution is 0.0945. The maximum Gasteiger partial charge on any atom is 0.259 e. The number of nitrogens with one attached hydrogen (secondary N) is 1. The van der Waals surface area contributed by atoms with E-state index in [2.05, 4.69) is 5.32 Å². The molecule has 1 heterocycles. The Morgan fingerprint density at radius 2 is 1.73 bits per heavy atom. The first kappa shape index (κ1) is 17.7. The Labute approximate surface area is 152 Å². The van der Waals surface area contributed by atoms with Gasteiger partial charge in [-0.3, -0.25) is 4.79 Å². The molecule has 0 unspecified atom stereocenters. The van der Waals surface area contributed by atoms with Crippen LogP contribution < -0.4 is 19.5 Å². The van der Waals surface area contributed by atoms with Gasteiger partial charge in [-0.1, -0.05) is 6.07 Å². The molecule has 0 bridgehead atoms. The number of aryl methyl sites for hydroxylation is 1. The van der Waals surface area contributed by atoms with Crippen LogP contribution in [0.2, 0.25) is 0 Å². The van der Waals surface area contributed by atoms with Crippen molar-refractivity contribution in [3.05, 3.63) is 53.7 Å². The van der Waals surface area contributed by atoms with E-state index in [9.17, 15) is 4.79 Å². The van der Waals surface area contributed by atoms with Crippen molar-refractivity contribution in [3.8, 4) is 17.2 Å². The average Bonchev–Trinajstić information content (AvgIpc) is 3.00. The smallest absolute Gasteiger partial charge is 0.259 e. The van der Waals surface area contributed by atoms with Gasteiger partial charge in [-0.15, -0.1) is 0 Å². The van der Waals surface area contributed by atoms with Gasteiger partial charge in [0.15, 0.2) is 0 Å². The fourth-order valence-corrected chi connectivity index (χ4v) is 3.06. The number of carbonyl (C=O) groups is 1. The third kappa shape index (κ3) is 3.18. The summed E-state index contributed by atoms with van der Waals surface area (Å²) >= 11 is 0. The molecule has 0 saturated carbocycles. The highest BCUT2D eigenvalue weighted by Crippen LogP contribution is 2.29. The van der Waals surface area contributed by atoms with Crippen LogP contribution in [-0.2, 0) is 13.6 Å². The van der Waals surface area contributed by atoms with Crippen molar-refractivity contribution in [2.24, 2.45) is 7.05 Å². The van der Waals surface area contributed by atoms with E-state index in [1.54, 1.807) is 25.3 Å². The van der Waals surface area contributed by atoms with Crippen molar-refractivity contribution in [1.29, 1.82) is 0 Å². The minimum absolute atomic E-state index is 0.251. The summed E-state index contributed by atoms with van der Waals surface area (Å²) in [7, 11) is 6.67. The molecule has 0 atom stereocenters. The van der Waals surface area contributed by atoms with Gasteiger partial charge in [-0.25, -0.2) is 0 Å². The predicted molar refractivity (Wildman–Crippen MR) is 100 cm³/mol. The first-order valence-corrected chi connectivity index (χ1v) is 8.20. The molecule has 2 aromatic carbocycles. The van der Waals surface area contributed by atoms with E-state index >= 15 is 0 Å². The maximum absolute atomic E-state index is 12.7. The zero-order chi connectivity index (χ0) is 18.7. The largest absolute Gasteiger partial charge is 0.497 e. The number of methoxy groups -OCH3 is 3. The number of aromatic nitrogens is 1. The highest BCUT2D eigenvalue weighted by molar-refractivity contribution is 6.00. The maximum atomic E-state index is 12.7. The van der Waals surface area contributed by atoms with Crippen molar-refractivity contribution < 1.29 is 19.0 Å². The molecule has 6 nitrogen and oxygen atoms in total. The number of hydrogen-bond donors (Lipinski definition) is 1. The summed E-state index contributed by atoms with van der Waals surface area (Å²) in [5.74, 6) is 1.48. The Morgan fingerprint density at radius 3 is 2.35 bits per heavy atom. The zero-order valence-electron chi connectivity index (χ0n) is 15.3. The van der Waals surface area contributed by atoms with E-state index < -0.39 is 0 Å². The summed E-state index contributed by atoms with van der Waals surface area (Å²) < 4.78 is 17.9. The Hall–Kier alpha value is -3.15. The quantitative estimate of drug-likeness (QED) is 0.739. The van der Waals surface area contributed by atoms with Crippen molar-refractivity contribution in [2.75, 3.05) is 21.3 Å². The summed E-state index contributed by atoms with van der Waals surface area (Å²) in [5, 5.41) is 4.00. The minimum Gasteiger partial charge on any atom is -0.497 e. The van der Waals surface area contributed by atoms with Crippen molar-refractivity contribution >= 4 is 16.8 Å². The van der Waals surface area contributed by atoms with Crippen LogP contribution in [0, 0.1) is 0 Å². The highest BCUT2D eigenvalue weighted by Gasteiger charge is 2.18. The van der Waals surface area contributed by atoms with Gasteiger partial charge >= 0.3 is 0 Å². The molecule has 0 aliphatic heterocycles. The fraction of sp³-hybridized carbons (Fsp3) is 0.250. The van der Waals surface area contributed by atoms with Gasteiger partial charge in [-0.2, -0.15) is 0 Å². The molecule has 0 spiro atoms. The molecule has 3 rings (SSSR count). The number of hydrogen-bond acceptors (Lipinski definition) is 4. The van der Waals surface area contributed by atoms with Crippen LogP contribution in [0.4, 0.5) is 0 Å². The second-order valence-electron chi connectivity index (χ2n) is 5.87. The molecule has 1 aromatic heterocycles. The van der Waals surface area contributed by atoms with Gasteiger partial charge in [0.25, 0.3) is 5.91 Å². The summed E-state index contributed by atoms with van der Waals surface area (Å²) in [6.07, 6.45) is 2.00. The van der Waals surface area contributed by atoms with Crippen LogP contribution in [0.5, 0.6) is 17.2 Å². The van der Waals surface area contributed by atoms with E-state index in [-0.39, 0.29) is 5.91 Å². The highest BCUT2D eigenvalue weighted by atomic mass is 16.5. The van der Waals surface area contributed by atoms with Crippen LogP contribution in [0.1, 0.15) is 15.9 Å². The lowest BCUT2D eigenvalue weighted by atomic mass is 10.1. The van der Waals surface area contributed by atoms with E-state index in [0.29, 0.717) is 23.6 Å². The van der Waals surface area contributed by atoms with Crippen LogP contribution in [0.3, 0.4) is 0 Å². The number of rotatable bonds is 6. The van der Waals surface area contributed by atoms with Gasteiger partial charge < -0.3 is 24.1 Å². The summed E-state index contributed by atoms with van der Waals surface area (Å²) in [4.78, 5) is 12.7. The topological polar surface area (TPSA) is 61.7 Å². The number of amides is 1. The predicted octanol–water partition coefficient (Wildman–Crippen LogP) is 3.13. The first-order chi connectivity index (χ1) is 12.6. The normalized spacial score (nSPS) is 10.6. The van der Waals surface area contributed by atoms with Crippen molar-refractivity contribution in [2.45, 2.75) is 6.54 Å². The summed E-state index contributed by atoms with van der Waals surface area (Å²) in [5.41, 5.74) is 2.46. The van der Waals surface area contributed by atoms with Gasteiger partial charge in [0.1, 0.15) is 22.8 Å². The first-order valence-electron chi connectivity index (χ1n) is 8.20. The third-order valence-corrected chi connectivity index (χ3v) is 4.37. The molecule has 3 aromatic rings. The molecule has 0 fully saturated rings. The Kier molecular flexibility index (Phi) is 5.02. The Balaban J connectivity index is 1.88. The van der Waals surface area contributed by atoms with Crippen LogP contribution in [0.15, 0.2) is 42.6 Å². The van der Waals surface area contributed by atoms with Gasteiger partial charge in [0, 0.05) is 30.7 Å². The molecule has 0 aliphatic rings. The molecular formula is C20H22N2O4. The number of fused-ring (bicyclic) bond motifs is 1. The Bertz CT molecular complexity index is 924. The third-order valence-electron chi connectivity index (χ3n) is 4.37. The molecule has 0 saturated heterocycles. The Morgan fingerprint density at radius 1 is 1.04 bits per heavy atom.